The zero-order valence-electron chi connectivity index (χ0n) is 17.4. The van der Waals surface area contributed by atoms with E-state index in [0.29, 0.717) is 0 Å². The van der Waals surface area contributed by atoms with Crippen LogP contribution in [0.3, 0.4) is 0 Å². The van der Waals surface area contributed by atoms with Crippen LogP contribution in [-0.2, 0) is 52.4 Å². The molecule has 174 valence electrons. The third-order valence-electron chi connectivity index (χ3n) is 3.80. The standard InChI is InChI=1S/C18H25NO12/c1-8(17(24)19-25)6-27-16-15(29-11(4)22)14(28-10(3)21)13(7-26-9(2)20)31-18(16)30-12(5)23/h13-16,18,25H,1,6-7H2,2-5H3,(H,19,24)/t13-,14-,15+,16-,18-/m1/s1. The maximum atomic E-state index is 11.7. The fourth-order valence-corrected chi connectivity index (χ4v) is 2.65. The fourth-order valence-electron chi connectivity index (χ4n) is 2.65. The summed E-state index contributed by atoms with van der Waals surface area (Å²) in [6, 6.07) is 0. The van der Waals surface area contributed by atoms with E-state index < -0.39 is 73.7 Å². The van der Waals surface area contributed by atoms with Crippen molar-refractivity contribution in [2.24, 2.45) is 0 Å². The number of nitrogens with one attached hydrogen (secondary N) is 1. The zero-order chi connectivity index (χ0) is 23.7. The van der Waals surface area contributed by atoms with Crippen molar-refractivity contribution in [2.45, 2.75) is 58.4 Å². The lowest BCUT2D eigenvalue weighted by Crippen LogP contribution is -2.63. The molecular formula is C18H25NO12. The second kappa shape index (κ2) is 12.0. The maximum Gasteiger partial charge on any atom is 0.305 e. The van der Waals surface area contributed by atoms with Crippen molar-refractivity contribution < 1.29 is 57.6 Å². The number of hydrogen-bond acceptors (Lipinski definition) is 12. The normalized spacial score (nSPS) is 25.0. The fraction of sp³-hybridized carbons (Fsp3) is 0.611. The minimum absolute atomic E-state index is 0.225. The molecule has 0 aliphatic carbocycles. The summed E-state index contributed by atoms with van der Waals surface area (Å²) >= 11 is 0. The van der Waals surface area contributed by atoms with Gasteiger partial charge in [-0.3, -0.25) is 29.2 Å². The van der Waals surface area contributed by atoms with Gasteiger partial charge in [-0.2, -0.15) is 0 Å². The van der Waals surface area contributed by atoms with Crippen LogP contribution in [0, 0.1) is 0 Å². The summed E-state index contributed by atoms with van der Waals surface area (Å²) in [5, 5.41) is 8.69. The highest BCUT2D eigenvalue weighted by molar-refractivity contribution is 5.92. The van der Waals surface area contributed by atoms with Gasteiger partial charge in [0.1, 0.15) is 12.7 Å². The molecule has 1 aliphatic heterocycles. The number of amides is 1. The highest BCUT2D eigenvalue weighted by Gasteiger charge is 2.52. The maximum absolute atomic E-state index is 11.7. The molecule has 13 heteroatoms. The van der Waals surface area contributed by atoms with Crippen molar-refractivity contribution >= 4 is 29.8 Å². The lowest BCUT2D eigenvalue weighted by Gasteiger charge is -2.44. The molecule has 13 nitrogen and oxygen atoms in total. The molecule has 1 aliphatic rings. The van der Waals surface area contributed by atoms with Gasteiger partial charge in [-0.25, -0.2) is 5.48 Å². The van der Waals surface area contributed by atoms with E-state index >= 15 is 0 Å². The molecule has 5 atom stereocenters. The molecule has 1 amide bonds. The van der Waals surface area contributed by atoms with Gasteiger partial charge in [0.05, 0.1) is 6.61 Å². The first kappa shape index (κ1) is 26.0. The molecule has 31 heavy (non-hydrogen) atoms. The molecule has 1 saturated heterocycles. The molecule has 1 fully saturated rings. The molecular weight excluding hydrogens is 422 g/mol. The smallest absolute Gasteiger partial charge is 0.305 e. The van der Waals surface area contributed by atoms with E-state index in [2.05, 4.69) is 6.58 Å². The van der Waals surface area contributed by atoms with Gasteiger partial charge >= 0.3 is 23.9 Å². The van der Waals surface area contributed by atoms with Gasteiger partial charge in [0, 0.05) is 33.3 Å². The van der Waals surface area contributed by atoms with E-state index in [9.17, 15) is 24.0 Å². The van der Waals surface area contributed by atoms with Crippen molar-refractivity contribution in [2.75, 3.05) is 13.2 Å². The number of hydrogen-bond donors (Lipinski definition) is 2. The molecule has 2 N–H and O–H groups in total. The number of hydroxylamine groups is 1. The minimum atomic E-state index is -1.50. The number of rotatable bonds is 9. The number of esters is 4. The number of carbonyl (C=O) groups is 5. The minimum Gasteiger partial charge on any atom is -0.463 e. The van der Waals surface area contributed by atoms with E-state index in [4.69, 9.17) is 33.6 Å². The number of carbonyl (C=O) groups excluding carboxylic acids is 5. The summed E-state index contributed by atoms with van der Waals surface area (Å²) in [6.45, 7) is 6.89. The Morgan fingerprint density at radius 3 is 1.90 bits per heavy atom. The lowest BCUT2D eigenvalue weighted by atomic mass is 9.98. The summed E-state index contributed by atoms with van der Waals surface area (Å²) in [4.78, 5) is 57.6. The first-order chi connectivity index (χ1) is 14.5. The van der Waals surface area contributed by atoms with Gasteiger partial charge in [0.15, 0.2) is 18.3 Å². The van der Waals surface area contributed by atoms with Crippen LogP contribution in [-0.4, -0.2) is 78.9 Å². The molecule has 0 aromatic rings. The molecule has 1 rings (SSSR count). The number of ether oxygens (including phenoxy) is 6. The third kappa shape index (κ3) is 8.32. The summed E-state index contributed by atoms with van der Waals surface area (Å²) in [5.41, 5.74) is 1.15. The van der Waals surface area contributed by atoms with Gasteiger partial charge in [0.25, 0.3) is 5.91 Å². The predicted octanol–water partition coefficient (Wildman–Crippen LogP) is -0.852. The first-order valence-electron chi connectivity index (χ1n) is 9.00. The predicted molar refractivity (Wildman–Crippen MR) is 97.0 cm³/mol. The van der Waals surface area contributed by atoms with Crippen LogP contribution in [0.5, 0.6) is 0 Å². The van der Waals surface area contributed by atoms with Crippen LogP contribution in [0.1, 0.15) is 27.7 Å². The summed E-state index contributed by atoms with van der Waals surface area (Å²) < 4.78 is 31.6. The molecule has 0 aromatic carbocycles. The zero-order valence-corrected chi connectivity index (χ0v) is 17.4. The van der Waals surface area contributed by atoms with Crippen molar-refractivity contribution in [3.63, 3.8) is 0 Å². The second-order valence-corrected chi connectivity index (χ2v) is 6.42. The van der Waals surface area contributed by atoms with E-state index in [0.717, 1.165) is 27.7 Å². The second-order valence-electron chi connectivity index (χ2n) is 6.42. The first-order valence-corrected chi connectivity index (χ1v) is 9.00. The Bertz CT molecular complexity index is 720. The van der Waals surface area contributed by atoms with Gasteiger partial charge in [-0.15, -0.1) is 0 Å². The van der Waals surface area contributed by atoms with E-state index in [1.807, 2.05) is 0 Å². The molecule has 0 unspecified atom stereocenters. The summed E-state index contributed by atoms with van der Waals surface area (Å²) in [6.07, 6.45) is -6.78. The van der Waals surface area contributed by atoms with Crippen LogP contribution in [0.4, 0.5) is 0 Å². The van der Waals surface area contributed by atoms with Crippen LogP contribution >= 0.6 is 0 Å². The average molecular weight is 447 g/mol. The summed E-state index contributed by atoms with van der Waals surface area (Å²) in [5.74, 6) is -3.97. The summed E-state index contributed by atoms with van der Waals surface area (Å²) in [7, 11) is 0. The van der Waals surface area contributed by atoms with Crippen molar-refractivity contribution in [1.82, 2.24) is 5.48 Å². The van der Waals surface area contributed by atoms with E-state index in [1.165, 1.54) is 5.48 Å². The highest BCUT2D eigenvalue weighted by atomic mass is 16.7. The quantitative estimate of drug-likeness (QED) is 0.148. The van der Waals surface area contributed by atoms with Crippen molar-refractivity contribution in [3.05, 3.63) is 12.2 Å². The van der Waals surface area contributed by atoms with E-state index in [1.54, 1.807) is 0 Å². The van der Waals surface area contributed by atoms with Gasteiger partial charge < -0.3 is 28.4 Å². The highest BCUT2D eigenvalue weighted by Crippen LogP contribution is 2.30. The van der Waals surface area contributed by atoms with Crippen LogP contribution < -0.4 is 5.48 Å². The average Bonchev–Trinajstić information content (AvgIpc) is 2.65. The van der Waals surface area contributed by atoms with Crippen LogP contribution in [0.25, 0.3) is 0 Å². The Hall–Kier alpha value is -3.03. The molecule has 0 bridgehead atoms. The van der Waals surface area contributed by atoms with Gasteiger partial charge in [0.2, 0.25) is 6.29 Å². The van der Waals surface area contributed by atoms with Crippen LogP contribution in [0.2, 0.25) is 0 Å². The largest absolute Gasteiger partial charge is 0.463 e. The van der Waals surface area contributed by atoms with Gasteiger partial charge in [-0.05, 0) is 0 Å². The molecule has 1 heterocycles. The Morgan fingerprint density at radius 2 is 1.42 bits per heavy atom. The third-order valence-corrected chi connectivity index (χ3v) is 3.80. The molecule has 0 spiro atoms. The van der Waals surface area contributed by atoms with Crippen molar-refractivity contribution in [3.8, 4) is 0 Å². The Kier molecular flexibility index (Phi) is 10.0. The Balaban J connectivity index is 3.29. The Labute approximate surface area is 177 Å². The lowest BCUT2D eigenvalue weighted by molar-refractivity contribution is -0.304. The van der Waals surface area contributed by atoms with Gasteiger partial charge in [-0.1, -0.05) is 6.58 Å². The SMILES string of the molecule is C=C(CO[C@H]1[C@H](OC(C)=O)O[C@H](COC(C)=O)[C@@H](OC(C)=O)[C@@H]1OC(C)=O)C(=O)NO. The monoisotopic (exact) mass is 447 g/mol. The Morgan fingerprint density at radius 1 is 0.871 bits per heavy atom. The van der Waals surface area contributed by atoms with Crippen molar-refractivity contribution in [1.29, 1.82) is 0 Å². The topological polar surface area (TPSA) is 173 Å². The van der Waals surface area contributed by atoms with E-state index in [-0.39, 0.29) is 5.57 Å². The molecule has 0 aromatic heterocycles. The molecule has 0 radical (unpaired) electrons. The van der Waals surface area contributed by atoms with Crippen LogP contribution in [0.15, 0.2) is 12.2 Å². The molecule has 0 saturated carbocycles.